The smallest absolute Gasteiger partial charge is 0.419 e. The van der Waals surface area contributed by atoms with E-state index >= 15 is 0 Å². The van der Waals surface area contributed by atoms with Crippen LogP contribution in [-0.2, 0) is 11.0 Å². The van der Waals surface area contributed by atoms with E-state index in [1.807, 2.05) is 29.2 Å². The minimum absolute atomic E-state index is 0.207. The fraction of sp³-hybridized carbons (Fsp3) is 0.308. The van der Waals surface area contributed by atoms with Crippen molar-refractivity contribution in [1.82, 2.24) is 24.5 Å². The molecular formula is C26H25F3N6O2. The zero-order valence-electron chi connectivity index (χ0n) is 20.1. The predicted octanol–water partition coefficient (Wildman–Crippen LogP) is 4.76. The summed E-state index contributed by atoms with van der Waals surface area (Å²) in [6.07, 6.45) is -1.03. The molecule has 0 aliphatic carbocycles. The number of likely N-dealkylation sites (tertiary alicyclic amines) is 1. The van der Waals surface area contributed by atoms with Crippen molar-refractivity contribution in [3.8, 4) is 28.3 Å². The van der Waals surface area contributed by atoms with Crippen LogP contribution in [0.1, 0.15) is 30.5 Å². The molecule has 0 bridgehead atoms. The highest BCUT2D eigenvalue weighted by molar-refractivity contribution is 5.78. The zero-order chi connectivity index (χ0) is 26.2. The monoisotopic (exact) mass is 510 g/mol. The number of carbonyl (C=O) groups excluding carboxylic acids is 1. The van der Waals surface area contributed by atoms with Crippen LogP contribution >= 0.6 is 0 Å². The number of fused-ring (bicyclic) bond motifs is 1. The molecule has 1 aromatic carbocycles. The highest BCUT2D eigenvalue weighted by atomic mass is 19.4. The topological polar surface area (TPSA) is 98.6 Å². The van der Waals surface area contributed by atoms with Crippen molar-refractivity contribution in [2.45, 2.75) is 32.4 Å². The minimum atomic E-state index is -4.63. The summed E-state index contributed by atoms with van der Waals surface area (Å²) < 4.78 is 47.5. The molecule has 11 heteroatoms. The SMILES string of the molecule is Cc1nc2ccc(-c3ccc(OCCCN4CCCC4=O)cc3)nn2c1-c1cnc(N)c(C(F)(F)F)c1. The normalized spacial score (nSPS) is 14.1. The van der Waals surface area contributed by atoms with E-state index in [1.54, 1.807) is 19.1 Å². The van der Waals surface area contributed by atoms with Crippen LogP contribution in [0, 0.1) is 6.92 Å². The number of hydrogen-bond acceptors (Lipinski definition) is 6. The summed E-state index contributed by atoms with van der Waals surface area (Å²) >= 11 is 0. The van der Waals surface area contributed by atoms with Gasteiger partial charge in [-0.05, 0) is 62.2 Å². The van der Waals surface area contributed by atoms with Gasteiger partial charge in [0, 0.05) is 36.8 Å². The highest BCUT2D eigenvalue weighted by Gasteiger charge is 2.34. The second-order valence-corrected chi connectivity index (χ2v) is 8.90. The number of imidazole rings is 1. The summed E-state index contributed by atoms with van der Waals surface area (Å²) in [5, 5.41) is 4.65. The van der Waals surface area contributed by atoms with Crippen LogP contribution < -0.4 is 10.5 Å². The van der Waals surface area contributed by atoms with Gasteiger partial charge in [-0.25, -0.2) is 14.5 Å². The number of hydrogen-bond donors (Lipinski definition) is 1. The molecule has 1 amide bonds. The van der Waals surface area contributed by atoms with Crippen LogP contribution in [0.3, 0.4) is 0 Å². The summed E-state index contributed by atoms with van der Waals surface area (Å²) in [5.41, 5.74) is 7.53. The standard InChI is InChI=1S/C26H25F3N6O2/c1-16-24(18-14-20(26(27,28)29)25(30)31-15-18)35-22(32-16)10-9-21(33-35)17-5-7-19(8-6-17)37-13-3-12-34-11-2-4-23(34)36/h5-10,14-15H,2-4,11-13H2,1H3,(H2,30,31). The molecule has 0 atom stereocenters. The van der Waals surface area contributed by atoms with Gasteiger partial charge in [-0.2, -0.15) is 18.3 Å². The molecule has 1 aliphatic rings. The molecule has 8 nitrogen and oxygen atoms in total. The number of amides is 1. The number of rotatable bonds is 7. The lowest BCUT2D eigenvalue weighted by Gasteiger charge is -2.15. The fourth-order valence-corrected chi connectivity index (χ4v) is 4.47. The molecule has 0 saturated carbocycles. The molecule has 37 heavy (non-hydrogen) atoms. The van der Waals surface area contributed by atoms with Gasteiger partial charge >= 0.3 is 6.18 Å². The molecule has 1 aliphatic heterocycles. The zero-order valence-corrected chi connectivity index (χ0v) is 20.1. The third-order valence-corrected chi connectivity index (χ3v) is 6.31. The summed E-state index contributed by atoms with van der Waals surface area (Å²) in [5.74, 6) is 0.325. The van der Waals surface area contributed by atoms with Crippen LogP contribution in [0.25, 0.3) is 28.2 Å². The first kappa shape index (κ1) is 24.5. The van der Waals surface area contributed by atoms with E-state index in [9.17, 15) is 18.0 Å². The van der Waals surface area contributed by atoms with Crippen LogP contribution in [-0.4, -0.2) is 50.1 Å². The lowest BCUT2D eigenvalue weighted by molar-refractivity contribution is -0.137. The molecule has 5 rings (SSSR count). The number of ether oxygens (including phenoxy) is 1. The Morgan fingerprint density at radius 2 is 1.89 bits per heavy atom. The van der Waals surface area contributed by atoms with E-state index in [0.29, 0.717) is 48.1 Å². The summed E-state index contributed by atoms with van der Waals surface area (Å²) in [6, 6.07) is 11.9. The Kier molecular flexibility index (Phi) is 6.45. The second-order valence-electron chi connectivity index (χ2n) is 8.90. The highest BCUT2D eigenvalue weighted by Crippen LogP contribution is 2.36. The van der Waals surface area contributed by atoms with E-state index in [-0.39, 0.29) is 11.5 Å². The van der Waals surface area contributed by atoms with Gasteiger partial charge in [0.1, 0.15) is 11.6 Å². The van der Waals surface area contributed by atoms with Crippen LogP contribution in [0.15, 0.2) is 48.7 Å². The molecule has 4 heterocycles. The Hall–Kier alpha value is -4.15. The van der Waals surface area contributed by atoms with E-state index in [4.69, 9.17) is 10.5 Å². The first-order valence-corrected chi connectivity index (χ1v) is 11.9. The second kappa shape index (κ2) is 9.72. The fourth-order valence-electron chi connectivity index (χ4n) is 4.47. The van der Waals surface area contributed by atoms with Gasteiger partial charge < -0.3 is 15.4 Å². The van der Waals surface area contributed by atoms with E-state index in [0.717, 1.165) is 31.0 Å². The van der Waals surface area contributed by atoms with E-state index in [2.05, 4.69) is 15.1 Å². The maximum Gasteiger partial charge on any atom is 0.419 e. The number of aromatic nitrogens is 4. The Bertz CT molecular complexity index is 1450. The molecular weight excluding hydrogens is 485 g/mol. The molecule has 1 fully saturated rings. The maximum absolute atomic E-state index is 13.4. The van der Waals surface area contributed by atoms with Gasteiger partial charge in [0.15, 0.2) is 5.65 Å². The lowest BCUT2D eigenvalue weighted by Crippen LogP contribution is -2.26. The van der Waals surface area contributed by atoms with Gasteiger partial charge in [-0.15, -0.1) is 0 Å². The quantitative estimate of drug-likeness (QED) is 0.360. The number of pyridine rings is 1. The summed E-state index contributed by atoms with van der Waals surface area (Å²) in [4.78, 5) is 21.7. The van der Waals surface area contributed by atoms with Crippen molar-refractivity contribution in [1.29, 1.82) is 0 Å². The Balaban J connectivity index is 1.35. The molecule has 4 aromatic rings. The number of nitrogens with two attached hydrogens (primary N) is 1. The molecule has 0 unspecified atom stereocenters. The lowest BCUT2D eigenvalue weighted by atomic mass is 10.1. The number of carbonyl (C=O) groups is 1. The Morgan fingerprint density at radius 3 is 2.59 bits per heavy atom. The number of anilines is 1. The average Bonchev–Trinajstić information content (AvgIpc) is 3.43. The third-order valence-electron chi connectivity index (χ3n) is 6.31. The number of nitrogens with zero attached hydrogens (tertiary/aromatic N) is 5. The van der Waals surface area contributed by atoms with Gasteiger partial charge in [0.2, 0.25) is 5.91 Å². The average molecular weight is 511 g/mol. The first-order valence-electron chi connectivity index (χ1n) is 11.9. The third kappa shape index (κ3) is 5.07. The molecule has 0 spiro atoms. The number of aryl methyl sites for hydroxylation is 1. The van der Waals surface area contributed by atoms with E-state index < -0.39 is 17.6 Å². The van der Waals surface area contributed by atoms with Gasteiger partial charge in [-0.3, -0.25) is 4.79 Å². The number of alkyl halides is 3. The van der Waals surface area contributed by atoms with Crippen LogP contribution in [0.4, 0.5) is 19.0 Å². The number of halogens is 3. The van der Waals surface area contributed by atoms with Crippen LogP contribution in [0.2, 0.25) is 0 Å². The molecule has 192 valence electrons. The van der Waals surface area contributed by atoms with Crippen molar-refractivity contribution in [2.75, 3.05) is 25.4 Å². The molecule has 2 N–H and O–H groups in total. The van der Waals surface area contributed by atoms with Gasteiger partial charge in [0.05, 0.1) is 29.3 Å². The molecule has 1 saturated heterocycles. The van der Waals surface area contributed by atoms with Crippen molar-refractivity contribution >= 4 is 17.4 Å². The van der Waals surface area contributed by atoms with Gasteiger partial charge in [0.25, 0.3) is 0 Å². The maximum atomic E-state index is 13.4. The van der Waals surface area contributed by atoms with Crippen LogP contribution in [0.5, 0.6) is 5.75 Å². The van der Waals surface area contributed by atoms with Crippen molar-refractivity contribution in [2.24, 2.45) is 0 Å². The van der Waals surface area contributed by atoms with E-state index in [1.165, 1.54) is 10.7 Å². The number of nitrogen functional groups attached to an aromatic ring is 1. The first-order chi connectivity index (χ1) is 17.7. The predicted molar refractivity (Wildman–Crippen MR) is 132 cm³/mol. The summed E-state index contributed by atoms with van der Waals surface area (Å²) in [7, 11) is 0. The molecule has 3 aromatic heterocycles. The van der Waals surface area contributed by atoms with Crippen molar-refractivity contribution in [3.63, 3.8) is 0 Å². The Morgan fingerprint density at radius 1 is 1.11 bits per heavy atom. The van der Waals surface area contributed by atoms with Crippen molar-refractivity contribution < 1.29 is 22.7 Å². The van der Waals surface area contributed by atoms with Crippen molar-refractivity contribution in [3.05, 3.63) is 59.9 Å². The molecule has 0 radical (unpaired) electrons. The summed E-state index contributed by atoms with van der Waals surface area (Å²) in [6.45, 7) is 3.72. The Labute approximate surface area is 210 Å². The van der Waals surface area contributed by atoms with Gasteiger partial charge in [-0.1, -0.05) is 0 Å². The number of benzene rings is 1. The largest absolute Gasteiger partial charge is 0.494 e. The minimum Gasteiger partial charge on any atom is -0.494 e.